The number of fused-ring (bicyclic) bond motifs is 2. The van der Waals surface area contributed by atoms with Crippen molar-refractivity contribution in [2.75, 3.05) is 0 Å². The molecular weight excluding hydrogens is 176 g/mol. The van der Waals surface area contributed by atoms with E-state index in [9.17, 15) is 0 Å². The molecule has 4 nitrogen and oxygen atoms in total. The first-order valence-electron chi connectivity index (χ1n) is 4.25. The molecule has 0 aromatic carbocycles. The number of nitrogens with zero attached hydrogens (tertiary/aromatic N) is 4. The van der Waals surface area contributed by atoms with Crippen LogP contribution in [0.25, 0.3) is 22.1 Å². The highest BCUT2D eigenvalue weighted by Crippen LogP contribution is 2.14. The molecule has 66 valence electrons. The molecule has 0 saturated heterocycles. The summed E-state index contributed by atoms with van der Waals surface area (Å²) >= 11 is 0. The van der Waals surface area contributed by atoms with Gasteiger partial charge in [0.05, 0.1) is 0 Å². The lowest BCUT2D eigenvalue weighted by atomic mass is 10.2. The van der Waals surface area contributed by atoms with Crippen LogP contribution >= 0.6 is 0 Å². The van der Waals surface area contributed by atoms with E-state index in [2.05, 4.69) is 19.9 Å². The fourth-order valence-electron chi connectivity index (χ4n) is 1.41. The van der Waals surface area contributed by atoms with Gasteiger partial charge in [0, 0.05) is 23.2 Å². The third kappa shape index (κ3) is 1.01. The number of hydrogen-bond donors (Lipinski definition) is 0. The van der Waals surface area contributed by atoms with Gasteiger partial charge in [-0.15, -0.1) is 0 Å². The summed E-state index contributed by atoms with van der Waals surface area (Å²) in [5.41, 5.74) is 1.41. The van der Waals surface area contributed by atoms with Gasteiger partial charge in [0.1, 0.15) is 6.33 Å². The van der Waals surface area contributed by atoms with Crippen molar-refractivity contribution in [1.29, 1.82) is 0 Å². The zero-order valence-electron chi connectivity index (χ0n) is 7.25. The Morgan fingerprint density at radius 2 is 1.93 bits per heavy atom. The molecule has 4 heteroatoms. The predicted octanol–water partition coefficient (Wildman–Crippen LogP) is 1.57. The summed E-state index contributed by atoms with van der Waals surface area (Å²) in [6.45, 7) is 0. The molecule has 0 spiro atoms. The van der Waals surface area contributed by atoms with Crippen molar-refractivity contribution in [3.8, 4) is 0 Å². The maximum Gasteiger partial charge on any atom is 0.164 e. The van der Waals surface area contributed by atoms with Crippen molar-refractivity contribution in [3.63, 3.8) is 0 Å². The quantitative estimate of drug-likeness (QED) is 0.495. The average molecular weight is 182 g/mol. The Balaban J connectivity index is 2.52. The molecule has 0 N–H and O–H groups in total. The molecule has 0 fully saturated rings. The van der Waals surface area contributed by atoms with Crippen LogP contribution in [0.3, 0.4) is 0 Å². The van der Waals surface area contributed by atoms with E-state index >= 15 is 0 Å². The summed E-state index contributed by atoms with van der Waals surface area (Å²) in [4.78, 5) is 16.5. The van der Waals surface area contributed by atoms with Gasteiger partial charge in [-0.25, -0.2) is 19.9 Å². The van der Waals surface area contributed by atoms with E-state index in [1.165, 1.54) is 6.33 Å². The maximum atomic E-state index is 4.32. The molecule has 0 amide bonds. The second kappa shape index (κ2) is 2.70. The first kappa shape index (κ1) is 7.32. The number of hydrogen-bond acceptors (Lipinski definition) is 4. The third-order valence-corrected chi connectivity index (χ3v) is 2.06. The van der Waals surface area contributed by atoms with Gasteiger partial charge in [-0.3, -0.25) is 0 Å². The van der Waals surface area contributed by atoms with Crippen LogP contribution in [-0.2, 0) is 0 Å². The summed E-state index contributed by atoms with van der Waals surface area (Å²) in [7, 11) is 0. The third-order valence-electron chi connectivity index (χ3n) is 2.06. The average Bonchev–Trinajstić information content (AvgIpc) is 2.26. The Hall–Kier alpha value is -2.10. The molecule has 0 aliphatic rings. The van der Waals surface area contributed by atoms with Gasteiger partial charge in [-0.1, -0.05) is 0 Å². The van der Waals surface area contributed by atoms with Crippen LogP contribution in [-0.4, -0.2) is 19.9 Å². The van der Waals surface area contributed by atoms with Crippen LogP contribution in [0.1, 0.15) is 0 Å². The van der Waals surface area contributed by atoms with E-state index in [0.717, 1.165) is 16.4 Å². The summed E-state index contributed by atoms with van der Waals surface area (Å²) in [5, 5.41) is 1.95. The molecule has 3 heterocycles. The highest BCUT2D eigenvalue weighted by Gasteiger charge is 1.99. The summed E-state index contributed by atoms with van der Waals surface area (Å²) in [6, 6.07) is 5.85. The first-order valence-corrected chi connectivity index (χ1v) is 4.25. The standard InChI is InChI=1S/C10H6N4/c1-2-7-4-8-5-11-6-13-10(8)14-9(7)12-3-1/h1-6H. The van der Waals surface area contributed by atoms with Crippen LogP contribution in [0.15, 0.2) is 36.9 Å². The van der Waals surface area contributed by atoms with Gasteiger partial charge in [-0.2, -0.15) is 0 Å². The highest BCUT2D eigenvalue weighted by molar-refractivity contribution is 5.88. The molecule has 0 atom stereocenters. The fraction of sp³-hybridized carbons (Fsp3) is 0. The maximum absolute atomic E-state index is 4.32. The normalized spacial score (nSPS) is 10.9. The van der Waals surface area contributed by atoms with E-state index < -0.39 is 0 Å². The first-order chi connectivity index (χ1) is 6.93. The molecule has 0 saturated carbocycles. The Kier molecular flexibility index (Phi) is 1.41. The Bertz CT molecular complexity index is 501. The van der Waals surface area contributed by atoms with Gasteiger partial charge < -0.3 is 0 Å². The van der Waals surface area contributed by atoms with Crippen molar-refractivity contribution in [2.24, 2.45) is 0 Å². The summed E-state index contributed by atoms with van der Waals surface area (Å²) in [5.74, 6) is 0. The molecule has 0 radical (unpaired) electrons. The minimum absolute atomic E-state index is 0.686. The Labute approximate surface area is 79.7 Å². The molecule has 0 aliphatic heterocycles. The van der Waals surface area contributed by atoms with Crippen LogP contribution in [0, 0.1) is 0 Å². The van der Waals surface area contributed by atoms with E-state index in [1.54, 1.807) is 12.4 Å². The smallest absolute Gasteiger partial charge is 0.164 e. The number of aromatic nitrogens is 4. The van der Waals surface area contributed by atoms with Gasteiger partial charge in [0.15, 0.2) is 11.3 Å². The van der Waals surface area contributed by atoms with E-state index in [1.807, 2.05) is 18.2 Å². The summed E-state index contributed by atoms with van der Waals surface area (Å²) < 4.78 is 0. The molecule has 0 bridgehead atoms. The van der Waals surface area contributed by atoms with Gasteiger partial charge in [0.2, 0.25) is 0 Å². The van der Waals surface area contributed by atoms with Crippen molar-refractivity contribution in [3.05, 3.63) is 36.9 Å². The molecule has 0 unspecified atom stereocenters. The van der Waals surface area contributed by atoms with Crippen LogP contribution in [0.5, 0.6) is 0 Å². The van der Waals surface area contributed by atoms with Crippen molar-refractivity contribution in [2.45, 2.75) is 0 Å². The molecule has 3 aromatic heterocycles. The molecular formula is C10H6N4. The largest absolute Gasteiger partial charge is 0.244 e. The lowest BCUT2D eigenvalue weighted by molar-refractivity contribution is 1.18. The lowest BCUT2D eigenvalue weighted by Crippen LogP contribution is -1.88. The second-order valence-electron chi connectivity index (χ2n) is 2.97. The van der Waals surface area contributed by atoms with E-state index in [-0.39, 0.29) is 0 Å². The van der Waals surface area contributed by atoms with Crippen LogP contribution in [0.4, 0.5) is 0 Å². The molecule has 14 heavy (non-hydrogen) atoms. The topological polar surface area (TPSA) is 51.6 Å². The predicted molar refractivity (Wildman–Crippen MR) is 52.6 cm³/mol. The van der Waals surface area contributed by atoms with E-state index in [4.69, 9.17) is 0 Å². The lowest BCUT2D eigenvalue weighted by Gasteiger charge is -1.97. The second-order valence-corrected chi connectivity index (χ2v) is 2.97. The van der Waals surface area contributed by atoms with Gasteiger partial charge in [0.25, 0.3) is 0 Å². The van der Waals surface area contributed by atoms with Gasteiger partial charge >= 0.3 is 0 Å². The van der Waals surface area contributed by atoms with Crippen LogP contribution in [0.2, 0.25) is 0 Å². The van der Waals surface area contributed by atoms with Crippen molar-refractivity contribution >= 4 is 22.1 Å². The zero-order chi connectivity index (χ0) is 9.38. The monoisotopic (exact) mass is 182 g/mol. The minimum Gasteiger partial charge on any atom is -0.244 e. The highest BCUT2D eigenvalue weighted by atomic mass is 14.9. The van der Waals surface area contributed by atoms with E-state index in [0.29, 0.717) is 5.65 Å². The summed E-state index contributed by atoms with van der Waals surface area (Å²) in [6.07, 6.45) is 4.97. The molecule has 3 aromatic rings. The minimum atomic E-state index is 0.686. The molecule has 0 aliphatic carbocycles. The van der Waals surface area contributed by atoms with Gasteiger partial charge in [-0.05, 0) is 18.2 Å². The molecule has 3 rings (SSSR count). The SMILES string of the molecule is c1cnc2nc3ncncc3cc2c1. The number of rotatable bonds is 0. The fourth-order valence-corrected chi connectivity index (χ4v) is 1.41. The zero-order valence-corrected chi connectivity index (χ0v) is 7.25. The number of pyridine rings is 2. The van der Waals surface area contributed by atoms with Crippen molar-refractivity contribution in [1.82, 2.24) is 19.9 Å². The van der Waals surface area contributed by atoms with Crippen LogP contribution < -0.4 is 0 Å². The Morgan fingerprint density at radius 1 is 1.00 bits per heavy atom. The Morgan fingerprint density at radius 3 is 2.93 bits per heavy atom. The van der Waals surface area contributed by atoms with Crippen molar-refractivity contribution < 1.29 is 0 Å².